The van der Waals surface area contributed by atoms with E-state index in [-0.39, 0.29) is 18.5 Å². The van der Waals surface area contributed by atoms with Crippen molar-refractivity contribution in [3.05, 3.63) is 36.5 Å². The van der Waals surface area contributed by atoms with Gasteiger partial charge in [0.15, 0.2) is 0 Å². The van der Waals surface area contributed by atoms with Gasteiger partial charge in [-0.25, -0.2) is 0 Å². The molecule has 0 rings (SSSR count). The zero-order valence-electron chi connectivity index (χ0n) is 32.0. The van der Waals surface area contributed by atoms with Gasteiger partial charge in [0, 0.05) is 12.8 Å². The molecule has 1 unspecified atom stereocenters. The van der Waals surface area contributed by atoms with Gasteiger partial charge in [0.05, 0.1) is 0 Å². The van der Waals surface area contributed by atoms with Crippen molar-refractivity contribution < 1.29 is 19.4 Å². The molecule has 0 bridgehead atoms. The van der Waals surface area contributed by atoms with Crippen molar-refractivity contribution in [1.82, 2.24) is 0 Å². The molecule has 0 radical (unpaired) electrons. The summed E-state index contributed by atoms with van der Waals surface area (Å²) in [6.45, 7) is 4.52. The van der Waals surface area contributed by atoms with E-state index in [1.165, 1.54) is 122 Å². The van der Waals surface area contributed by atoms with E-state index in [0.29, 0.717) is 6.42 Å². The van der Waals surface area contributed by atoms with Crippen molar-refractivity contribution in [3.8, 4) is 0 Å². The molecule has 0 fully saturated rings. The highest BCUT2D eigenvalue weighted by molar-refractivity contribution is 5.69. The molecule has 0 spiro atoms. The first-order valence-electron chi connectivity index (χ1n) is 21.0. The number of hydrogen-bond acceptors (Lipinski definition) is 3. The zero-order valence-corrected chi connectivity index (χ0v) is 32.0. The highest BCUT2D eigenvalue weighted by Crippen LogP contribution is 2.18. The number of hydrogen-bond donors (Lipinski definition) is 1. The Morgan fingerprint density at radius 3 is 1.38 bits per heavy atom. The highest BCUT2D eigenvalue weighted by atomic mass is 16.5. The molecule has 1 atom stereocenters. The second-order valence-corrected chi connectivity index (χ2v) is 14.2. The number of esters is 1. The number of rotatable bonds is 38. The molecular formula is C44H80O4. The van der Waals surface area contributed by atoms with Gasteiger partial charge >= 0.3 is 11.9 Å². The topological polar surface area (TPSA) is 63.6 Å². The van der Waals surface area contributed by atoms with E-state index in [2.05, 4.69) is 50.3 Å². The van der Waals surface area contributed by atoms with Crippen LogP contribution in [0, 0.1) is 0 Å². The van der Waals surface area contributed by atoms with Gasteiger partial charge < -0.3 is 9.84 Å². The largest absolute Gasteiger partial charge is 0.481 e. The van der Waals surface area contributed by atoms with E-state index in [4.69, 9.17) is 9.84 Å². The first kappa shape index (κ1) is 46.2. The molecule has 0 aliphatic heterocycles. The monoisotopic (exact) mass is 673 g/mol. The van der Waals surface area contributed by atoms with Crippen LogP contribution in [0.2, 0.25) is 0 Å². The Bertz CT molecular complexity index is 768. The lowest BCUT2D eigenvalue weighted by molar-refractivity contribution is -0.150. The fourth-order valence-electron chi connectivity index (χ4n) is 6.22. The van der Waals surface area contributed by atoms with Gasteiger partial charge in [0.25, 0.3) is 0 Å². The van der Waals surface area contributed by atoms with Gasteiger partial charge in [-0.1, -0.05) is 159 Å². The van der Waals surface area contributed by atoms with Crippen LogP contribution in [0.3, 0.4) is 0 Å². The van der Waals surface area contributed by atoms with Crippen molar-refractivity contribution >= 4 is 11.9 Å². The van der Waals surface area contributed by atoms with Crippen LogP contribution in [-0.2, 0) is 14.3 Å². The van der Waals surface area contributed by atoms with E-state index in [9.17, 15) is 9.59 Å². The summed E-state index contributed by atoms with van der Waals surface area (Å²) >= 11 is 0. The minimum atomic E-state index is -0.704. The van der Waals surface area contributed by atoms with Gasteiger partial charge in [0.2, 0.25) is 0 Å². The fraction of sp³-hybridized carbons (Fsp3) is 0.818. The van der Waals surface area contributed by atoms with Crippen LogP contribution >= 0.6 is 0 Å². The first-order chi connectivity index (χ1) is 23.6. The number of allylic oxidation sites excluding steroid dienone is 6. The Kier molecular flexibility index (Phi) is 38.1. The summed E-state index contributed by atoms with van der Waals surface area (Å²) in [4.78, 5) is 23.4. The average molecular weight is 673 g/mol. The molecule has 1 N–H and O–H groups in total. The van der Waals surface area contributed by atoms with Gasteiger partial charge in [0.1, 0.15) is 6.10 Å². The number of unbranched alkanes of at least 4 members (excludes halogenated alkanes) is 23. The molecule has 280 valence electrons. The van der Waals surface area contributed by atoms with Crippen LogP contribution in [0.25, 0.3) is 0 Å². The molecule has 4 heteroatoms. The smallest absolute Gasteiger partial charge is 0.306 e. The lowest BCUT2D eigenvalue weighted by atomic mass is 10.0. The Balaban J connectivity index is 3.99. The molecule has 48 heavy (non-hydrogen) atoms. The summed E-state index contributed by atoms with van der Waals surface area (Å²) < 4.78 is 5.99. The number of ether oxygens (including phenoxy) is 1. The van der Waals surface area contributed by atoms with Gasteiger partial charge in [-0.3, -0.25) is 9.59 Å². The Morgan fingerprint density at radius 2 is 0.833 bits per heavy atom. The summed E-state index contributed by atoms with van der Waals surface area (Å²) in [6.07, 6.45) is 51.7. The maximum Gasteiger partial charge on any atom is 0.306 e. The Hall–Kier alpha value is -1.84. The number of carboxylic acids is 1. The standard InChI is InChI=1S/C44H80O4/c1-3-5-7-9-11-13-15-16-17-18-19-20-21-22-24-26-28-33-37-41-44(47)48-42(39-35-31-29-32-36-40-43(45)46)38-34-30-27-25-23-14-12-10-8-6-4-2/h11,13,16-17,25,27,42H,3-10,12,14-15,18-24,26,28-41H2,1-2H3,(H,45,46)/b13-11-,17-16-,27-25-. The number of aliphatic carboxylic acids is 1. The van der Waals surface area contributed by atoms with Crippen molar-refractivity contribution in [2.24, 2.45) is 0 Å². The van der Waals surface area contributed by atoms with Gasteiger partial charge in [-0.2, -0.15) is 0 Å². The van der Waals surface area contributed by atoms with Crippen LogP contribution in [0.4, 0.5) is 0 Å². The minimum absolute atomic E-state index is 0.0166. The van der Waals surface area contributed by atoms with Crippen molar-refractivity contribution in [2.45, 2.75) is 232 Å². The minimum Gasteiger partial charge on any atom is -0.481 e. The summed E-state index contributed by atoms with van der Waals surface area (Å²) in [7, 11) is 0. The molecule has 0 saturated carbocycles. The molecule has 0 heterocycles. The second-order valence-electron chi connectivity index (χ2n) is 14.2. The normalized spacial score (nSPS) is 12.5. The number of carboxylic acid groups (broad SMARTS) is 1. The third kappa shape index (κ3) is 38.6. The zero-order chi connectivity index (χ0) is 35.0. The van der Waals surface area contributed by atoms with Crippen LogP contribution in [0.1, 0.15) is 226 Å². The second kappa shape index (κ2) is 39.6. The maximum atomic E-state index is 12.7. The molecule has 0 saturated heterocycles. The molecular weight excluding hydrogens is 592 g/mol. The van der Waals surface area contributed by atoms with E-state index < -0.39 is 5.97 Å². The molecule has 0 aromatic carbocycles. The van der Waals surface area contributed by atoms with E-state index in [1.807, 2.05) is 0 Å². The predicted molar refractivity (Wildman–Crippen MR) is 209 cm³/mol. The lowest BCUT2D eigenvalue weighted by Crippen LogP contribution is -2.18. The molecule has 0 aliphatic rings. The predicted octanol–water partition coefficient (Wildman–Crippen LogP) is 14.6. The van der Waals surface area contributed by atoms with Crippen molar-refractivity contribution in [3.63, 3.8) is 0 Å². The average Bonchev–Trinajstić information content (AvgIpc) is 3.07. The Morgan fingerprint density at radius 1 is 0.458 bits per heavy atom. The molecule has 0 aromatic rings. The SMILES string of the molecule is CCCCC/C=C\C/C=C\CCCCCCCCCCCC(=O)OC(CCC/C=C\CCCCCCCC)CCCCCCCC(=O)O. The van der Waals surface area contributed by atoms with Crippen molar-refractivity contribution in [2.75, 3.05) is 0 Å². The van der Waals surface area contributed by atoms with Crippen LogP contribution < -0.4 is 0 Å². The van der Waals surface area contributed by atoms with Crippen LogP contribution in [0.15, 0.2) is 36.5 Å². The molecule has 0 aromatic heterocycles. The van der Waals surface area contributed by atoms with E-state index in [1.54, 1.807) is 0 Å². The van der Waals surface area contributed by atoms with E-state index in [0.717, 1.165) is 77.0 Å². The number of carbonyl (C=O) groups is 2. The summed E-state index contributed by atoms with van der Waals surface area (Å²) in [6, 6.07) is 0. The maximum absolute atomic E-state index is 12.7. The summed E-state index contributed by atoms with van der Waals surface area (Å²) in [5.41, 5.74) is 0. The van der Waals surface area contributed by atoms with E-state index >= 15 is 0 Å². The highest BCUT2D eigenvalue weighted by Gasteiger charge is 2.14. The quantitative estimate of drug-likeness (QED) is 0.0403. The van der Waals surface area contributed by atoms with Crippen LogP contribution in [0.5, 0.6) is 0 Å². The third-order valence-corrected chi connectivity index (χ3v) is 9.33. The summed E-state index contributed by atoms with van der Waals surface area (Å²) in [5, 5.41) is 8.82. The van der Waals surface area contributed by atoms with Crippen LogP contribution in [-0.4, -0.2) is 23.1 Å². The van der Waals surface area contributed by atoms with Gasteiger partial charge in [-0.05, 0) is 89.9 Å². The van der Waals surface area contributed by atoms with Gasteiger partial charge in [-0.15, -0.1) is 0 Å². The molecule has 0 aliphatic carbocycles. The number of carbonyl (C=O) groups excluding carboxylic acids is 1. The first-order valence-corrected chi connectivity index (χ1v) is 21.0. The third-order valence-electron chi connectivity index (χ3n) is 9.33. The fourth-order valence-corrected chi connectivity index (χ4v) is 6.22. The molecule has 0 amide bonds. The molecule has 4 nitrogen and oxygen atoms in total. The van der Waals surface area contributed by atoms with Crippen molar-refractivity contribution in [1.29, 1.82) is 0 Å². The lowest BCUT2D eigenvalue weighted by Gasteiger charge is -2.18. The summed E-state index contributed by atoms with van der Waals surface area (Å²) in [5.74, 6) is -0.721. The Labute approximate surface area is 299 Å².